The largest absolute Gasteiger partial charge is 0.379 e. The fourth-order valence-corrected chi connectivity index (χ4v) is 7.22. The van der Waals surface area contributed by atoms with Gasteiger partial charge in [0, 0.05) is 75.7 Å². The number of hydrogen-bond donors (Lipinski definition) is 9. The highest BCUT2D eigenvalue weighted by Crippen LogP contribution is 2.51. The van der Waals surface area contributed by atoms with Gasteiger partial charge in [-0.2, -0.15) is 0 Å². The number of amides is 2. The second kappa shape index (κ2) is 14.6. The lowest BCUT2D eigenvalue weighted by Crippen LogP contribution is -2.59. The normalized spacial score (nSPS) is 20.8. The van der Waals surface area contributed by atoms with Gasteiger partial charge in [0.2, 0.25) is 5.72 Å². The number of aromatic amines is 2. The molecule has 48 heavy (non-hydrogen) atoms. The highest BCUT2D eigenvalue weighted by molar-refractivity contribution is 9.10. The number of guanidine groups is 2. The van der Waals surface area contributed by atoms with Gasteiger partial charge in [-0.25, -0.2) is 0 Å². The number of aliphatic hydroxyl groups is 2. The van der Waals surface area contributed by atoms with E-state index in [4.69, 9.17) is 22.9 Å². The lowest BCUT2D eigenvalue weighted by molar-refractivity contribution is -0.167. The molecule has 1 saturated heterocycles. The van der Waals surface area contributed by atoms with Crippen molar-refractivity contribution in [3.63, 3.8) is 0 Å². The summed E-state index contributed by atoms with van der Waals surface area (Å²) in [6.07, 6.45) is 5.09. The number of benzene rings is 2. The van der Waals surface area contributed by atoms with Gasteiger partial charge in [0.05, 0.1) is 5.92 Å². The fourth-order valence-electron chi connectivity index (χ4n) is 6.50. The molecule has 0 spiro atoms. The third-order valence-corrected chi connectivity index (χ3v) is 9.65. The van der Waals surface area contributed by atoms with Crippen molar-refractivity contribution in [1.29, 1.82) is 0 Å². The number of aliphatic imine (C=N–C) groups is 2. The van der Waals surface area contributed by atoms with E-state index in [1.54, 1.807) is 12.4 Å². The summed E-state index contributed by atoms with van der Waals surface area (Å²) in [6.45, 7) is 0.801. The Hall–Kier alpha value is -4.12. The highest BCUT2D eigenvalue weighted by atomic mass is 79.9. The van der Waals surface area contributed by atoms with Gasteiger partial charge in [0.15, 0.2) is 17.5 Å². The number of likely N-dealkylation sites (tertiary alicyclic amines) is 1. The van der Waals surface area contributed by atoms with E-state index in [1.165, 1.54) is 0 Å². The second-order valence-corrected chi connectivity index (χ2v) is 13.8. The number of nitrogens with two attached hydrogens (primary N) is 4. The van der Waals surface area contributed by atoms with Crippen molar-refractivity contribution >= 4 is 77.4 Å². The Morgan fingerprint density at radius 1 is 0.875 bits per heavy atom. The first kappa shape index (κ1) is 35.2. The topological polar surface area (TPSA) is 250 Å². The molecule has 0 aliphatic carbocycles. The second-order valence-electron chi connectivity index (χ2n) is 11.9. The van der Waals surface area contributed by atoms with E-state index in [9.17, 15) is 19.8 Å². The lowest BCUT2D eigenvalue weighted by atomic mass is 9.75. The van der Waals surface area contributed by atoms with Crippen molar-refractivity contribution in [3.8, 4) is 0 Å². The zero-order valence-electron chi connectivity index (χ0n) is 26.2. The van der Waals surface area contributed by atoms with Crippen LogP contribution in [0.1, 0.15) is 42.7 Å². The first-order valence-corrected chi connectivity index (χ1v) is 17.1. The van der Waals surface area contributed by atoms with E-state index in [-0.39, 0.29) is 31.4 Å². The van der Waals surface area contributed by atoms with E-state index in [0.717, 1.165) is 24.7 Å². The Kier molecular flexibility index (Phi) is 10.7. The first-order valence-electron chi connectivity index (χ1n) is 15.5. The predicted octanol–water partition coefficient (Wildman–Crippen LogP) is 1.99. The first-order chi connectivity index (χ1) is 22.9. The lowest BCUT2D eigenvalue weighted by Gasteiger charge is -2.37. The number of fused-ring (bicyclic) bond motifs is 2. The number of carbonyl (C=O) groups excluding carboxylic acids is 2. The van der Waals surface area contributed by atoms with Crippen LogP contribution in [0.3, 0.4) is 0 Å². The SMILES string of the molecule is NC(N)=NCCCCNC(=O)C1(O)C(c2c[nH]c3cc(Br)ccc23)C(O)(Cc2c[nH]c3cc(Br)ccc23)C(=O)N1CCCCN=C(N)N. The molecule has 16 heteroatoms. The number of rotatable bonds is 14. The number of halogens is 2. The van der Waals surface area contributed by atoms with Crippen LogP contribution in [-0.4, -0.2) is 86.3 Å². The maximum Gasteiger partial charge on any atom is 0.274 e. The number of nitrogens with zero attached hydrogens (tertiary/aromatic N) is 3. The van der Waals surface area contributed by atoms with E-state index < -0.39 is 29.1 Å². The van der Waals surface area contributed by atoms with Crippen LogP contribution in [0, 0.1) is 0 Å². The minimum atomic E-state index is -2.47. The summed E-state index contributed by atoms with van der Waals surface area (Å²) in [5.74, 6) is -3.06. The molecule has 1 aliphatic heterocycles. The molecule has 14 nitrogen and oxygen atoms in total. The van der Waals surface area contributed by atoms with Gasteiger partial charge in [0.1, 0.15) is 0 Å². The monoisotopic (exact) mass is 786 g/mol. The summed E-state index contributed by atoms with van der Waals surface area (Å²) in [4.78, 5) is 44.3. The van der Waals surface area contributed by atoms with Crippen LogP contribution in [0.25, 0.3) is 21.8 Å². The molecule has 13 N–H and O–H groups in total. The van der Waals surface area contributed by atoms with Crippen molar-refractivity contribution in [2.24, 2.45) is 32.9 Å². The summed E-state index contributed by atoms with van der Waals surface area (Å²) in [5, 5.41) is 29.7. The summed E-state index contributed by atoms with van der Waals surface area (Å²) in [5.41, 5.74) is 19.6. The van der Waals surface area contributed by atoms with Crippen molar-refractivity contribution in [2.45, 2.75) is 49.3 Å². The predicted molar refractivity (Wildman–Crippen MR) is 193 cm³/mol. The molecular formula is C32H40Br2N10O4. The quantitative estimate of drug-likeness (QED) is 0.0518. The van der Waals surface area contributed by atoms with E-state index in [1.807, 2.05) is 36.4 Å². The third kappa shape index (κ3) is 7.02. The third-order valence-electron chi connectivity index (χ3n) is 8.67. The Morgan fingerprint density at radius 3 is 2.10 bits per heavy atom. The Labute approximate surface area is 293 Å². The molecule has 2 aromatic heterocycles. The summed E-state index contributed by atoms with van der Waals surface area (Å²) >= 11 is 6.97. The molecule has 256 valence electrons. The van der Waals surface area contributed by atoms with Crippen molar-refractivity contribution < 1.29 is 19.8 Å². The van der Waals surface area contributed by atoms with Gasteiger partial charge >= 0.3 is 0 Å². The maximum atomic E-state index is 14.6. The smallest absolute Gasteiger partial charge is 0.274 e. The van der Waals surface area contributed by atoms with Crippen LogP contribution < -0.4 is 28.3 Å². The minimum absolute atomic E-state index is 0.0241. The molecule has 0 saturated carbocycles. The standard InChI is InChI=1S/C32H40Br2N10O4/c33-19-5-7-21-18(16-42-24(21)13-19)15-31(47)26(23-17-43-25-14-20(34)6-8-22(23)25)32(48,27(45)39-9-1-2-10-40-29(35)36)44(28(31)46)12-4-3-11-41-30(37)38/h5-8,13-14,16-17,26,42-43,47-48H,1-4,9-12,15H2,(H,39,45)(H4,35,36,40)(H4,37,38,41). The number of H-pyrrole nitrogens is 2. The summed E-state index contributed by atoms with van der Waals surface area (Å²) in [6, 6.07) is 11.1. The molecule has 1 fully saturated rings. The van der Waals surface area contributed by atoms with Crippen molar-refractivity contribution in [2.75, 3.05) is 26.2 Å². The summed E-state index contributed by atoms with van der Waals surface area (Å²) in [7, 11) is 0. The van der Waals surface area contributed by atoms with Gasteiger partial charge in [-0.3, -0.25) is 19.6 Å². The molecule has 0 bridgehead atoms. The zero-order valence-corrected chi connectivity index (χ0v) is 29.4. The van der Waals surface area contributed by atoms with Crippen LogP contribution in [0.5, 0.6) is 0 Å². The van der Waals surface area contributed by atoms with Gasteiger partial charge in [-0.05, 0) is 61.1 Å². The van der Waals surface area contributed by atoms with E-state index in [2.05, 4.69) is 57.1 Å². The molecule has 2 amide bonds. The number of aromatic nitrogens is 2. The molecular weight excluding hydrogens is 748 g/mol. The van der Waals surface area contributed by atoms with Gasteiger partial charge in [-0.15, -0.1) is 0 Å². The van der Waals surface area contributed by atoms with Gasteiger partial charge < -0.3 is 53.3 Å². The molecule has 1 aliphatic rings. The average molecular weight is 789 g/mol. The molecule has 3 atom stereocenters. The molecule has 0 radical (unpaired) electrons. The highest BCUT2D eigenvalue weighted by Gasteiger charge is 2.70. The van der Waals surface area contributed by atoms with Crippen molar-refractivity contribution in [1.82, 2.24) is 20.2 Å². The Balaban J connectivity index is 1.58. The summed E-state index contributed by atoms with van der Waals surface area (Å²) < 4.78 is 1.67. The average Bonchev–Trinajstić information content (AvgIpc) is 3.66. The molecule has 2 aromatic carbocycles. The van der Waals surface area contributed by atoms with Gasteiger partial charge in [-0.1, -0.05) is 44.0 Å². The van der Waals surface area contributed by atoms with Crippen LogP contribution in [0.2, 0.25) is 0 Å². The van der Waals surface area contributed by atoms with Crippen molar-refractivity contribution in [3.05, 3.63) is 68.9 Å². The van der Waals surface area contributed by atoms with Crippen LogP contribution in [0.4, 0.5) is 0 Å². The number of nitrogens with one attached hydrogen (secondary N) is 3. The molecule has 3 heterocycles. The maximum absolute atomic E-state index is 14.6. The fraction of sp³-hybridized carbons (Fsp3) is 0.375. The number of carbonyl (C=O) groups is 2. The Bertz CT molecular complexity index is 1870. The minimum Gasteiger partial charge on any atom is -0.379 e. The molecule has 3 unspecified atom stereocenters. The van der Waals surface area contributed by atoms with E-state index >= 15 is 0 Å². The molecule has 5 rings (SSSR count). The van der Waals surface area contributed by atoms with Gasteiger partial charge in [0.25, 0.3) is 11.8 Å². The molecule has 4 aromatic rings. The number of unbranched alkanes of at least 4 members (excludes halogenated alkanes) is 2. The van der Waals surface area contributed by atoms with E-state index in [0.29, 0.717) is 60.8 Å². The number of hydrogen-bond acceptors (Lipinski definition) is 6. The zero-order chi connectivity index (χ0) is 34.6. The van der Waals surface area contributed by atoms with Crippen LogP contribution in [0.15, 0.2) is 67.7 Å². The van der Waals surface area contributed by atoms with Crippen LogP contribution >= 0.6 is 31.9 Å². The Morgan fingerprint density at radius 2 is 1.46 bits per heavy atom. The van der Waals surface area contributed by atoms with Crippen LogP contribution in [-0.2, 0) is 16.0 Å².